The first kappa shape index (κ1) is 12.4. The van der Waals surface area contributed by atoms with Crippen LogP contribution in [0.1, 0.15) is 24.8 Å². The molecule has 2 aliphatic heterocycles. The summed E-state index contributed by atoms with van der Waals surface area (Å²) in [5, 5.41) is 11.8. The minimum atomic E-state index is -0.803. The van der Waals surface area contributed by atoms with Gasteiger partial charge in [-0.25, -0.2) is 9.98 Å². The normalized spacial score (nSPS) is 22.9. The Bertz CT molecular complexity index is 660. The Balaban J connectivity index is 2.10. The number of carbonyl (C=O) groups excluding carboxylic acids is 1. The first-order valence-corrected chi connectivity index (χ1v) is 6.14. The molecule has 3 rings (SSSR count). The number of nitrogens with one attached hydrogen (secondary N) is 1. The monoisotopic (exact) mass is 272 g/mol. The zero-order valence-electron chi connectivity index (χ0n) is 10.5. The molecule has 1 saturated heterocycles. The van der Waals surface area contributed by atoms with Gasteiger partial charge in [-0.05, 0) is 12.8 Å². The van der Waals surface area contributed by atoms with Gasteiger partial charge in [-0.1, -0.05) is 0 Å². The molecule has 0 saturated carbocycles. The van der Waals surface area contributed by atoms with Crippen molar-refractivity contribution in [2.75, 3.05) is 6.61 Å². The van der Waals surface area contributed by atoms with Gasteiger partial charge in [-0.3, -0.25) is 9.36 Å². The van der Waals surface area contributed by atoms with E-state index < -0.39 is 5.91 Å². The van der Waals surface area contributed by atoms with Crippen molar-refractivity contribution in [3.63, 3.8) is 0 Å². The first-order chi connectivity index (χ1) is 9.72. The van der Waals surface area contributed by atoms with E-state index in [0.717, 1.165) is 12.8 Å². The van der Waals surface area contributed by atoms with Gasteiger partial charge in [0, 0.05) is 6.61 Å². The largest absolute Gasteiger partial charge is 0.365 e. The van der Waals surface area contributed by atoms with Crippen LogP contribution in [-0.2, 0) is 9.53 Å². The van der Waals surface area contributed by atoms with Crippen molar-refractivity contribution in [3.05, 3.63) is 17.6 Å². The molecule has 102 valence electrons. The van der Waals surface area contributed by atoms with Crippen LogP contribution in [-0.4, -0.2) is 28.4 Å². The molecule has 0 bridgehead atoms. The second-order valence-electron chi connectivity index (χ2n) is 4.42. The van der Waals surface area contributed by atoms with E-state index in [0.29, 0.717) is 18.1 Å². The quantitative estimate of drug-likeness (QED) is 0.588. The Labute approximate surface area is 114 Å². The fourth-order valence-electron chi connectivity index (χ4n) is 2.30. The molecule has 1 amide bonds. The number of aromatic nitrogens is 2. The molecule has 1 aromatic rings. The van der Waals surface area contributed by atoms with Gasteiger partial charge in [-0.2, -0.15) is 5.26 Å². The zero-order chi connectivity index (χ0) is 14.1. The summed E-state index contributed by atoms with van der Waals surface area (Å²) in [5.74, 6) is -0.248. The maximum absolute atomic E-state index is 11.3. The molecule has 0 radical (unpaired) electrons. The molecular formula is C12H12N6O2. The van der Waals surface area contributed by atoms with Crippen LogP contribution in [0.15, 0.2) is 16.9 Å². The zero-order valence-corrected chi connectivity index (χ0v) is 10.5. The lowest BCUT2D eigenvalue weighted by Crippen LogP contribution is -2.22. The van der Waals surface area contributed by atoms with E-state index in [9.17, 15) is 4.79 Å². The van der Waals surface area contributed by atoms with Gasteiger partial charge in [0.2, 0.25) is 0 Å². The van der Waals surface area contributed by atoms with Crippen LogP contribution in [0.4, 0.5) is 5.82 Å². The van der Waals surface area contributed by atoms with Crippen LogP contribution in [0.3, 0.4) is 0 Å². The van der Waals surface area contributed by atoms with Gasteiger partial charge in [0.15, 0.2) is 5.82 Å². The molecule has 20 heavy (non-hydrogen) atoms. The van der Waals surface area contributed by atoms with Gasteiger partial charge in [-0.15, -0.1) is 0 Å². The predicted octanol–water partition coefficient (Wildman–Crippen LogP) is 0.175. The molecule has 1 aromatic heterocycles. The molecule has 1 unspecified atom stereocenters. The van der Waals surface area contributed by atoms with Crippen LogP contribution in [0.5, 0.6) is 0 Å². The third-order valence-electron chi connectivity index (χ3n) is 3.22. The van der Waals surface area contributed by atoms with Crippen LogP contribution in [0.25, 0.3) is 5.70 Å². The van der Waals surface area contributed by atoms with E-state index in [1.165, 1.54) is 6.34 Å². The van der Waals surface area contributed by atoms with E-state index in [2.05, 4.69) is 15.3 Å². The van der Waals surface area contributed by atoms with Gasteiger partial charge < -0.3 is 15.8 Å². The first-order valence-electron chi connectivity index (χ1n) is 6.14. The third kappa shape index (κ3) is 1.85. The molecule has 0 aromatic carbocycles. The van der Waals surface area contributed by atoms with Crippen LogP contribution >= 0.6 is 0 Å². The summed E-state index contributed by atoms with van der Waals surface area (Å²) in [5.41, 5.74) is 5.74. The van der Waals surface area contributed by atoms with Crippen molar-refractivity contribution in [2.24, 2.45) is 10.7 Å². The number of hydrogen-bond acceptors (Lipinski definition) is 6. The molecule has 8 heteroatoms. The average molecular weight is 272 g/mol. The molecular weight excluding hydrogens is 260 g/mol. The number of nitrogens with two attached hydrogens (primary N) is 1. The number of amides is 1. The summed E-state index contributed by atoms with van der Waals surface area (Å²) < 4.78 is 7.39. The molecule has 8 nitrogen and oxygen atoms in total. The number of carbonyl (C=O) groups is 1. The van der Waals surface area contributed by atoms with Crippen molar-refractivity contribution in [3.8, 4) is 6.07 Å². The Morgan fingerprint density at radius 3 is 3.15 bits per heavy atom. The van der Waals surface area contributed by atoms with Crippen LogP contribution in [0.2, 0.25) is 0 Å². The van der Waals surface area contributed by atoms with Crippen LogP contribution < -0.4 is 11.1 Å². The second kappa shape index (κ2) is 4.79. The standard InChI is InChI=1S/C12H12N6O2/c13-4-7(11(14)19)9-10-12(16-5-15-9)18(6-17-10)8-2-1-3-20-8/h5-6,8H,1-3H2,(H2,14,19)(H,15,16)/b9-7-. The van der Waals surface area contributed by atoms with Crippen LogP contribution in [0, 0.1) is 11.3 Å². The maximum Gasteiger partial charge on any atom is 0.261 e. The Morgan fingerprint density at radius 1 is 1.65 bits per heavy atom. The maximum atomic E-state index is 11.3. The molecule has 3 heterocycles. The summed E-state index contributed by atoms with van der Waals surface area (Å²) in [7, 11) is 0. The van der Waals surface area contributed by atoms with E-state index in [1.807, 2.05) is 0 Å². The summed E-state index contributed by atoms with van der Waals surface area (Å²) >= 11 is 0. The van der Waals surface area contributed by atoms with Crippen molar-refractivity contribution in [1.29, 1.82) is 5.26 Å². The summed E-state index contributed by atoms with van der Waals surface area (Å²) in [6, 6.07) is 1.79. The minimum Gasteiger partial charge on any atom is -0.365 e. The smallest absolute Gasteiger partial charge is 0.261 e. The molecule has 0 spiro atoms. The number of fused-ring (bicyclic) bond motifs is 1. The number of imidazole rings is 1. The number of nitrogens with zero attached hydrogens (tertiary/aromatic N) is 4. The molecule has 0 aliphatic carbocycles. The number of hydrogen-bond donors (Lipinski definition) is 2. The lowest BCUT2D eigenvalue weighted by atomic mass is 10.1. The SMILES string of the molecule is N#C/C(C(N)=O)=C1/NC=Nc2c1ncn2C1CCCO1. The van der Waals surface area contributed by atoms with Gasteiger partial charge in [0.25, 0.3) is 5.91 Å². The number of nitriles is 1. The predicted molar refractivity (Wildman–Crippen MR) is 69.5 cm³/mol. The van der Waals surface area contributed by atoms with Gasteiger partial charge in [0.1, 0.15) is 23.6 Å². The Hall–Kier alpha value is -2.66. The Morgan fingerprint density at radius 2 is 2.50 bits per heavy atom. The lowest BCUT2D eigenvalue weighted by molar-refractivity contribution is -0.114. The minimum absolute atomic E-state index is 0.109. The molecule has 1 fully saturated rings. The van der Waals surface area contributed by atoms with Gasteiger partial charge >= 0.3 is 0 Å². The van der Waals surface area contributed by atoms with E-state index >= 15 is 0 Å². The molecule has 2 aliphatic rings. The molecule has 1 atom stereocenters. The van der Waals surface area contributed by atoms with Crippen molar-refractivity contribution in [1.82, 2.24) is 14.9 Å². The number of primary amides is 1. The highest BCUT2D eigenvalue weighted by molar-refractivity contribution is 6.06. The van der Waals surface area contributed by atoms with E-state index in [1.54, 1.807) is 17.0 Å². The topological polar surface area (TPSA) is 118 Å². The Kier molecular flexibility index (Phi) is 2.96. The third-order valence-corrected chi connectivity index (χ3v) is 3.22. The lowest BCUT2D eigenvalue weighted by Gasteiger charge is -2.16. The highest BCUT2D eigenvalue weighted by Gasteiger charge is 2.27. The average Bonchev–Trinajstić information content (AvgIpc) is 3.07. The summed E-state index contributed by atoms with van der Waals surface area (Å²) in [6.45, 7) is 0.701. The fraction of sp³-hybridized carbons (Fsp3) is 0.333. The highest BCUT2D eigenvalue weighted by Crippen LogP contribution is 2.34. The van der Waals surface area contributed by atoms with Crippen molar-refractivity contribution >= 4 is 23.8 Å². The van der Waals surface area contributed by atoms with E-state index in [4.69, 9.17) is 15.7 Å². The number of ether oxygens (including phenoxy) is 1. The number of rotatable bonds is 2. The molecule has 3 N–H and O–H groups in total. The summed E-state index contributed by atoms with van der Waals surface area (Å²) in [4.78, 5) is 19.7. The van der Waals surface area contributed by atoms with Crippen molar-refractivity contribution < 1.29 is 9.53 Å². The van der Waals surface area contributed by atoms with E-state index in [-0.39, 0.29) is 17.5 Å². The number of aliphatic imine (C=N–C) groups is 1. The fourth-order valence-corrected chi connectivity index (χ4v) is 2.30. The second-order valence-corrected chi connectivity index (χ2v) is 4.42. The summed E-state index contributed by atoms with van der Waals surface area (Å²) in [6.07, 6.45) is 4.76. The highest BCUT2D eigenvalue weighted by atomic mass is 16.5. The van der Waals surface area contributed by atoms with Gasteiger partial charge in [0.05, 0.1) is 18.4 Å². The van der Waals surface area contributed by atoms with Crippen molar-refractivity contribution in [2.45, 2.75) is 19.1 Å².